The van der Waals surface area contributed by atoms with E-state index in [0.29, 0.717) is 28.8 Å². The second-order valence-corrected chi connectivity index (χ2v) is 7.36. The van der Waals surface area contributed by atoms with E-state index >= 15 is 0 Å². The van der Waals surface area contributed by atoms with Crippen molar-refractivity contribution in [1.82, 2.24) is 10.2 Å². The smallest absolute Gasteiger partial charge is 0.284 e. The summed E-state index contributed by atoms with van der Waals surface area (Å²) in [5.74, 6) is 1.04. The Morgan fingerprint density at radius 3 is 2.41 bits per heavy atom. The van der Waals surface area contributed by atoms with Gasteiger partial charge in [0.2, 0.25) is 11.0 Å². The topological polar surface area (TPSA) is 65.2 Å². The van der Waals surface area contributed by atoms with Crippen molar-refractivity contribution in [3.8, 4) is 17.2 Å². The molecule has 0 aliphatic rings. The molecule has 7 heteroatoms. The van der Waals surface area contributed by atoms with E-state index in [1.54, 1.807) is 12.1 Å². The van der Waals surface area contributed by atoms with E-state index in [4.69, 9.17) is 20.8 Å². The van der Waals surface area contributed by atoms with Gasteiger partial charge in [0.1, 0.15) is 12.4 Å². The molecule has 0 unspecified atom stereocenters. The molecule has 144 valence electrons. The van der Waals surface area contributed by atoms with Gasteiger partial charge in [0.05, 0.1) is 0 Å². The van der Waals surface area contributed by atoms with E-state index in [0.717, 1.165) is 22.9 Å². The average molecular weight is 423 g/mol. The van der Waals surface area contributed by atoms with Crippen molar-refractivity contribution in [3.05, 3.63) is 95.0 Å². The summed E-state index contributed by atoms with van der Waals surface area (Å²) in [5, 5.41) is 8.69. The number of hydrogen-bond donors (Lipinski definition) is 0. The molecule has 0 amide bonds. The second-order valence-electron chi connectivity index (χ2n) is 6.03. The quantitative estimate of drug-likeness (QED) is 0.360. The van der Waals surface area contributed by atoms with Crippen LogP contribution in [0.25, 0.3) is 11.5 Å². The average Bonchev–Trinajstić information content (AvgIpc) is 3.22. The van der Waals surface area contributed by atoms with Crippen molar-refractivity contribution < 1.29 is 13.9 Å². The maximum atomic E-state index is 12.2. The molecule has 1 heterocycles. The van der Waals surface area contributed by atoms with E-state index in [1.807, 2.05) is 66.7 Å². The highest BCUT2D eigenvalue weighted by atomic mass is 35.5. The molecule has 5 nitrogen and oxygen atoms in total. The number of thioether (sulfide) groups is 1. The van der Waals surface area contributed by atoms with Crippen molar-refractivity contribution in [2.24, 2.45) is 0 Å². The lowest BCUT2D eigenvalue weighted by atomic mass is 10.2. The molecular weight excluding hydrogens is 408 g/mol. The Kier molecular flexibility index (Phi) is 5.93. The molecule has 0 aliphatic heterocycles. The fraction of sp³-hybridized carbons (Fsp3) is 0.0455. The normalized spacial score (nSPS) is 10.7. The summed E-state index contributed by atoms with van der Waals surface area (Å²) in [5.41, 5.74) is 2.23. The van der Waals surface area contributed by atoms with Crippen LogP contribution in [0.4, 0.5) is 0 Å². The van der Waals surface area contributed by atoms with Crippen LogP contribution < -0.4 is 4.74 Å². The Morgan fingerprint density at radius 1 is 0.931 bits per heavy atom. The summed E-state index contributed by atoms with van der Waals surface area (Å²) in [6, 6.07) is 23.8. The van der Waals surface area contributed by atoms with Gasteiger partial charge in [-0.1, -0.05) is 60.1 Å². The minimum Gasteiger partial charge on any atom is -0.489 e. The van der Waals surface area contributed by atoms with Gasteiger partial charge >= 0.3 is 0 Å². The summed E-state index contributed by atoms with van der Waals surface area (Å²) in [7, 11) is 0. The van der Waals surface area contributed by atoms with Crippen LogP contribution in [0.1, 0.15) is 15.9 Å². The fourth-order valence-corrected chi connectivity index (χ4v) is 3.36. The summed E-state index contributed by atoms with van der Waals surface area (Å²) >= 11 is 7.05. The van der Waals surface area contributed by atoms with Crippen LogP contribution >= 0.6 is 23.4 Å². The molecule has 0 aliphatic carbocycles. The van der Waals surface area contributed by atoms with Gasteiger partial charge in [-0.2, -0.15) is 0 Å². The molecule has 1 aromatic heterocycles. The molecule has 4 aromatic rings. The number of carbonyl (C=O) groups is 1. The largest absolute Gasteiger partial charge is 0.489 e. The summed E-state index contributed by atoms with van der Waals surface area (Å²) in [6.45, 7) is 0.377. The SMILES string of the molecule is O=C(Sc1nnc(-c2ccc(OCc3ccccc3Cl)cc2)o1)c1ccccc1. The van der Waals surface area contributed by atoms with E-state index < -0.39 is 0 Å². The molecule has 29 heavy (non-hydrogen) atoms. The molecule has 0 saturated heterocycles. The monoisotopic (exact) mass is 422 g/mol. The summed E-state index contributed by atoms with van der Waals surface area (Å²) in [6.07, 6.45) is 0. The van der Waals surface area contributed by atoms with Gasteiger partial charge < -0.3 is 9.15 Å². The number of halogens is 1. The highest BCUT2D eigenvalue weighted by molar-refractivity contribution is 8.14. The highest BCUT2D eigenvalue weighted by Crippen LogP contribution is 2.27. The lowest BCUT2D eigenvalue weighted by Crippen LogP contribution is -1.95. The zero-order valence-electron chi connectivity index (χ0n) is 15.1. The van der Waals surface area contributed by atoms with Crippen molar-refractivity contribution in [1.29, 1.82) is 0 Å². The van der Waals surface area contributed by atoms with E-state index in [9.17, 15) is 4.79 Å². The third-order valence-corrected chi connectivity index (χ3v) is 5.18. The van der Waals surface area contributed by atoms with Gasteiger partial charge in [-0.15, -0.1) is 10.2 Å². The van der Waals surface area contributed by atoms with Crippen molar-refractivity contribution in [3.63, 3.8) is 0 Å². The van der Waals surface area contributed by atoms with E-state index in [2.05, 4.69) is 10.2 Å². The first-order chi connectivity index (χ1) is 14.2. The molecule has 0 bridgehead atoms. The van der Waals surface area contributed by atoms with Crippen molar-refractivity contribution >= 4 is 28.5 Å². The maximum absolute atomic E-state index is 12.2. The molecule has 4 rings (SSSR count). The third kappa shape index (κ3) is 4.85. The Labute approximate surface area is 176 Å². The summed E-state index contributed by atoms with van der Waals surface area (Å²) in [4.78, 5) is 12.2. The number of ether oxygens (including phenoxy) is 1. The van der Waals surface area contributed by atoms with Gasteiger partial charge in [0.25, 0.3) is 5.22 Å². The number of benzene rings is 3. The zero-order valence-corrected chi connectivity index (χ0v) is 16.7. The Bertz CT molecular complexity index is 1110. The van der Waals surface area contributed by atoms with E-state index in [-0.39, 0.29) is 10.3 Å². The van der Waals surface area contributed by atoms with Gasteiger partial charge in [-0.3, -0.25) is 4.79 Å². The van der Waals surface area contributed by atoms with Gasteiger partial charge in [0.15, 0.2) is 0 Å². The van der Waals surface area contributed by atoms with Gasteiger partial charge in [-0.25, -0.2) is 0 Å². The van der Waals surface area contributed by atoms with Crippen LogP contribution in [0, 0.1) is 0 Å². The molecule has 0 saturated carbocycles. The first kappa shape index (κ1) is 19.2. The van der Waals surface area contributed by atoms with Crippen molar-refractivity contribution in [2.75, 3.05) is 0 Å². The van der Waals surface area contributed by atoms with Crippen LogP contribution in [0.2, 0.25) is 5.02 Å². The predicted molar refractivity (Wildman–Crippen MR) is 112 cm³/mol. The van der Waals surface area contributed by atoms with Crippen LogP contribution in [0.5, 0.6) is 5.75 Å². The maximum Gasteiger partial charge on any atom is 0.284 e. The molecule has 3 aromatic carbocycles. The lowest BCUT2D eigenvalue weighted by Gasteiger charge is -2.07. The molecule has 0 spiro atoms. The second kappa shape index (κ2) is 8.94. The fourth-order valence-electron chi connectivity index (χ4n) is 2.55. The predicted octanol–water partition coefficient (Wildman–Crippen LogP) is 5.90. The molecule has 0 N–H and O–H groups in total. The minimum atomic E-state index is -0.149. The Balaban J connectivity index is 1.39. The lowest BCUT2D eigenvalue weighted by molar-refractivity contribution is 0.108. The molecular formula is C22H15ClN2O3S. The first-order valence-electron chi connectivity index (χ1n) is 8.76. The van der Waals surface area contributed by atoms with Crippen LogP contribution in [0.15, 0.2) is 88.5 Å². The van der Waals surface area contributed by atoms with Crippen LogP contribution in [-0.2, 0) is 6.61 Å². The van der Waals surface area contributed by atoms with Crippen LogP contribution in [0.3, 0.4) is 0 Å². The number of rotatable bonds is 6. The van der Waals surface area contributed by atoms with Gasteiger partial charge in [-0.05, 0) is 30.3 Å². The number of carbonyl (C=O) groups excluding carboxylic acids is 1. The molecule has 0 fully saturated rings. The Hall–Kier alpha value is -3.09. The third-order valence-electron chi connectivity index (χ3n) is 4.05. The molecule has 0 radical (unpaired) electrons. The minimum absolute atomic E-state index is 0.149. The first-order valence-corrected chi connectivity index (χ1v) is 9.96. The number of hydrogen-bond acceptors (Lipinski definition) is 6. The summed E-state index contributed by atoms with van der Waals surface area (Å²) < 4.78 is 11.4. The van der Waals surface area contributed by atoms with Gasteiger partial charge in [0, 0.05) is 33.5 Å². The van der Waals surface area contributed by atoms with E-state index in [1.165, 1.54) is 0 Å². The number of nitrogens with zero attached hydrogens (tertiary/aromatic N) is 2. The number of aromatic nitrogens is 2. The molecule has 0 atom stereocenters. The Morgan fingerprint density at radius 2 is 1.66 bits per heavy atom. The highest BCUT2D eigenvalue weighted by Gasteiger charge is 2.15. The standard InChI is InChI=1S/C22H15ClN2O3S/c23-19-9-5-4-8-17(19)14-27-18-12-10-15(11-13-18)20-24-25-22(28-20)29-21(26)16-6-2-1-3-7-16/h1-13H,14H2. The van der Waals surface area contributed by atoms with Crippen molar-refractivity contribution in [2.45, 2.75) is 11.8 Å². The zero-order chi connectivity index (χ0) is 20.1. The van der Waals surface area contributed by atoms with Crippen LogP contribution in [-0.4, -0.2) is 15.3 Å².